The molecule has 3 nitrogen and oxygen atoms in total. The molecule has 2 atom stereocenters. The first-order chi connectivity index (χ1) is 10.7. The number of piperidine rings is 1. The molecule has 1 aromatic rings. The Bertz CT molecular complexity index is 438. The van der Waals surface area contributed by atoms with Gasteiger partial charge in [-0.1, -0.05) is 30.3 Å². The van der Waals surface area contributed by atoms with Crippen molar-refractivity contribution < 1.29 is 5.11 Å². The highest BCUT2D eigenvalue weighted by molar-refractivity contribution is 5.17. The Morgan fingerprint density at radius 1 is 1.14 bits per heavy atom. The van der Waals surface area contributed by atoms with E-state index in [4.69, 9.17) is 0 Å². The summed E-state index contributed by atoms with van der Waals surface area (Å²) in [7, 11) is 0. The third kappa shape index (κ3) is 4.80. The molecule has 122 valence electrons. The molecule has 3 rings (SSSR count). The number of aliphatic hydroxyl groups is 1. The summed E-state index contributed by atoms with van der Waals surface area (Å²) in [6, 6.07) is 11.0. The lowest BCUT2D eigenvalue weighted by atomic mass is 9.99. The van der Waals surface area contributed by atoms with E-state index in [9.17, 15) is 5.11 Å². The average molecular weight is 302 g/mol. The molecule has 1 saturated carbocycles. The van der Waals surface area contributed by atoms with Gasteiger partial charge < -0.3 is 15.3 Å². The minimum Gasteiger partial charge on any atom is -0.388 e. The Balaban J connectivity index is 1.37. The molecule has 1 aliphatic heterocycles. The number of hydrogen-bond acceptors (Lipinski definition) is 3. The smallest absolute Gasteiger partial charge is 0.0804 e. The lowest BCUT2D eigenvalue weighted by Gasteiger charge is -2.34. The van der Waals surface area contributed by atoms with Crippen molar-refractivity contribution in [1.82, 2.24) is 10.2 Å². The molecule has 0 amide bonds. The predicted molar refractivity (Wildman–Crippen MR) is 90.8 cm³/mol. The maximum absolute atomic E-state index is 10.3. The van der Waals surface area contributed by atoms with Crippen molar-refractivity contribution >= 4 is 0 Å². The second-order valence-electron chi connectivity index (χ2n) is 7.25. The Morgan fingerprint density at radius 3 is 2.45 bits per heavy atom. The second-order valence-corrected chi connectivity index (χ2v) is 7.25. The molecule has 0 radical (unpaired) electrons. The second kappa shape index (κ2) is 7.58. The lowest BCUT2D eigenvalue weighted by molar-refractivity contribution is 0.141. The van der Waals surface area contributed by atoms with E-state index >= 15 is 0 Å². The van der Waals surface area contributed by atoms with E-state index in [0.29, 0.717) is 12.1 Å². The fourth-order valence-corrected chi connectivity index (χ4v) is 3.56. The minimum absolute atomic E-state index is 0.357. The molecule has 22 heavy (non-hydrogen) atoms. The standard InChI is InChI=1S/C19H30N2O/c1-15(13-19(22)17-5-3-2-4-6-17)20-18-9-11-21(12-10-18)14-16-7-8-16/h2-6,15-16,18-20,22H,7-14H2,1H3. The fourth-order valence-electron chi connectivity index (χ4n) is 3.56. The number of nitrogens with one attached hydrogen (secondary N) is 1. The van der Waals surface area contributed by atoms with Crippen LogP contribution < -0.4 is 5.32 Å². The third-order valence-corrected chi connectivity index (χ3v) is 5.08. The van der Waals surface area contributed by atoms with Gasteiger partial charge in [-0.3, -0.25) is 0 Å². The monoisotopic (exact) mass is 302 g/mol. The van der Waals surface area contributed by atoms with Crippen LogP contribution in [0.3, 0.4) is 0 Å². The quantitative estimate of drug-likeness (QED) is 0.813. The van der Waals surface area contributed by atoms with Crippen LogP contribution in [0, 0.1) is 5.92 Å². The van der Waals surface area contributed by atoms with Gasteiger partial charge in [0.05, 0.1) is 6.10 Å². The summed E-state index contributed by atoms with van der Waals surface area (Å²) >= 11 is 0. The van der Waals surface area contributed by atoms with E-state index in [-0.39, 0.29) is 6.10 Å². The molecule has 0 aromatic heterocycles. The number of likely N-dealkylation sites (tertiary alicyclic amines) is 1. The van der Waals surface area contributed by atoms with Gasteiger partial charge in [0.1, 0.15) is 0 Å². The molecule has 0 bridgehead atoms. The average Bonchev–Trinajstić information content (AvgIpc) is 3.34. The molecule has 2 unspecified atom stereocenters. The highest BCUT2D eigenvalue weighted by Crippen LogP contribution is 2.30. The van der Waals surface area contributed by atoms with Crippen LogP contribution in [0.1, 0.15) is 50.7 Å². The maximum Gasteiger partial charge on any atom is 0.0804 e. The number of aliphatic hydroxyl groups excluding tert-OH is 1. The largest absolute Gasteiger partial charge is 0.388 e. The fraction of sp³-hybridized carbons (Fsp3) is 0.684. The Labute approximate surface area is 134 Å². The first-order valence-electron chi connectivity index (χ1n) is 8.92. The van der Waals surface area contributed by atoms with Gasteiger partial charge in [-0.05, 0) is 63.6 Å². The number of rotatable bonds is 7. The molecule has 2 fully saturated rings. The van der Waals surface area contributed by atoms with Crippen molar-refractivity contribution in [3.8, 4) is 0 Å². The van der Waals surface area contributed by atoms with Gasteiger partial charge in [0.2, 0.25) is 0 Å². The molecule has 3 heteroatoms. The van der Waals surface area contributed by atoms with E-state index in [0.717, 1.165) is 17.9 Å². The third-order valence-electron chi connectivity index (χ3n) is 5.08. The minimum atomic E-state index is -0.362. The number of hydrogen-bond donors (Lipinski definition) is 2. The summed E-state index contributed by atoms with van der Waals surface area (Å²) in [6.07, 6.45) is 5.82. The first kappa shape index (κ1) is 16.0. The molecule has 1 aliphatic carbocycles. The molecular formula is C19H30N2O. The molecule has 0 spiro atoms. The molecule has 2 aliphatic rings. The van der Waals surface area contributed by atoms with Crippen molar-refractivity contribution in [3.63, 3.8) is 0 Å². The molecule has 1 saturated heterocycles. The van der Waals surface area contributed by atoms with E-state index in [1.807, 2.05) is 30.3 Å². The van der Waals surface area contributed by atoms with E-state index in [2.05, 4.69) is 17.1 Å². The first-order valence-corrected chi connectivity index (χ1v) is 8.92. The van der Waals surface area contributed by atoms with Gasteiger partial charge in [0.15, 0.2) is 0 Å². The summed E-state index contributed by atoms with van der Waals surface area (Å²) < 4.78 is 0. The van der Waals surface area contributed by atoms with Gasteiger partial charge in [-0.25, -0.2) is 0 Å². The van der Waals surface area contributed by atoms with Crippen LogP contribution in [0.25, 0.3) is 0 Å². The van der Waals surface area contributed by atoms with Gasteiger partial charge in [-0.15, -0.1) is 0 Å². The SMILES string of the molecule is CC(CC(O)c1ccccc1)NC1CCN(CC2CC2)CC1. The van der Waals surface area contributed by atoms with Gasteiger partial charge in [-0.2, -0.15) is 0 Å². The van der Waals surface area contributed by atoms with E-state index < -0.39 is 0 Å². The van der Waals surface area contributed by atoms with Crippen LogP contribution in [0.2, 0.25) is 0 Å². The van der Waals surface area contributed by atoms with Crippen molar-refractivity contribution in [2.24, 2.45) is 5.92 Å². The highest BCUT2D eigenvalue weighted by Gasteiger charge is 2.27. The van der Waals surface area contributed by atoms with E-state index in [1.54, 1.807) is 0 Å². The molecule has 2 N–H and O–H groups in total. The zero-order valence-corrected chi connectivity index (χ0v) is 13.7. The van der Waals surface area contributed by atoms with Crippen molar-refractivity contribution in [2.45, 2.75) is 57.2 Å². The van der Waals surface area contributed by atoms with E-state index in [1.165, 1.54) is 45.3 Å². The zero-order chi connectivity index (χ0) is 15.4. The zero-order valence-electron chi connectivity index (χ0n) is 13.7. The Kier molecular flexibility index (Phi) is 5.51. The maximum atomic E-state index is 10.3. The van der Waals surface area contributed by atoms with Gasteiger partial charge in [0.25, 0.3) is 0 Å². The van der Waals surface area contributed by atoms with Crippen LogP contribution in [-0.2, 0) is 0 Å². The normalized spacial score (nSPS) is 23.4. The lowest BCUT2D eigenvalue weighted by Crippen LogP contribution is -2.46. The summed E-state index contributed by atoms with van der Waals surface area (Å²) in [5.41, 5.74) is 1.02. The van der Waals surface area contributed by atoms with Gasteiger partial charge in [0, 0.05) is 18.6 Å². The Hall–Kier alpha value is -0.900. The Morgan fingerprint density at radius 2 is 1.82 bits per heavy atom. The van der Waals surface area contributed by atoms with Crippen molar-refractivity contribution in [1.29, 1.82) is 0 Å². The molecule has 1 aromatic carbocycles. The topological polar surface area (TPSA) is 35.5 Å². The van der Waals surface area contributed by atoms with Crippen LogP contribution in [0.4, 0.5) is 0 Å². The molecular weight excluding hydrogens is 272 g/mol. The van der Waals surface area contributed by atoms with Crippen LogP contribution in [0.15, 0.2) is 30.3 Å². The van der Waals surface area contributed by atoms with Crippen LogP contribution in [0.5, 0.6) is 0 Å². The summed E-state index contributed by atoms with van der Waals surface area (Å²) in [4.78, 5) is 2.64. The number of benzene rings is 1. The van der Waals surface area contributed by atoms with Gasteiger partial charge >= 0.3 is 0 Å². The summed E-state index contributed by atoms with van der Waals surface area (Å²) in [5, 5.41) is 14.0. The predicted octanol–water partition coefficient (Wildman–Crippen LogP) is 2.96. The van der Waals surface area contributed by atoms with Crippen molar-refractivity contribution in [2.75, 3.05) is 19.6 Å². The number of nitrogens with zero attached hydrogens (tertiary/aromatic N) is 1. The molecule has 1 heterocycles. The summed E-state index contributed by atoms with van der Waals surface area (Å²) in [5.74, 6) is 1.00. The van der Waals surface area contributed by atoms with Crippen LogP contribution in [-0.4, -0.2) is 41.7 Å². The van der Waals surface area contributed by atoms with Crippen molar-refractivity contribution in [3.05, 3.63) is 35.9 Å². The highest BCUT2D eigenvalue weighted by atomic mass is 16.3. The summed E-state index contributed by atoms with van der Waals surface area (Å²) in [6.45, 7) is 6.00. The van der Waals surface area contributed by atoms with Crippen LogP contribution >= 0.6 is 0 Å².